The number of amides is 1. The number of carbonyl (C=O) groups is 2. The highest BCUT2D eigenvalue weighted by atomic mass is 32.2. The van der Waals surface area contributed by atoms with Crippen LogP contribution in [0.4, 0.5) is 19.0 Å². The van der Waals surface area contributed by atoms with Gasteiger partial charge in [-0.2, -0.15) is 18.3 Å². The predicted octanol–water partition coefficient (Wildman–Crippen LogP) is 4.29. The highest BCUT2D eigenvalue weighted by Gasteiger charge is 2.38. The second-order valence-electron chi connectivity index (χ2n) is 11.4. The van der Waals surface area contributed by atoms with Crippen molar-refractivity contribution in [1.29, 1.82) is 0 Å². The fourth-order valence-corrected chi connectivity index (χ4v) is 6.52. The third kappa shape index (κ3) is 9.85. The van der Waals surface area contributed by atoms with Crippen LogP contribution in [0, 0.1) is 6.92 Å². The Labute approximate surface area is 266 Å². The van der Waals surface area contributed by atoms with Crippen LogP contribution < -0.4 is 10.0 Å². The van der Waals surface area contributed by atoms with Gasteiger partial charge in [0.1, 0.15) is 5.82 Å². The number of aromatic nitrogens is 2. The molecule has 0 bridgehead atoms. The molecular formula is C31H39F3N6O5S. The number of carboxylic acid groups (broad SMARTS) is 1. The summed E-state index contributed by atoms with van der Waals surface area (Å²) in [5.41, 5.74) is 2.57. The third-order valence-electron chi connectivity index (χ3n) is 7.86. The van der Waals surface area contributed by atoms with E-state index in [0.717, 1.165) is 57.7 Å². The van der Waals surface area contributed by atoms with Crippen molar-refractivity contribution < 1.29 is 36.3 Å². The van der Waals surface area contributed by atoms with E-state index in [1.165, 1.54) is 30.5 Å². The zero-order valence-corrected chi connectivity index (χ0v) is 26.4. The summed E-state index contributed by atoms with van der Waals surface area (Å²) in [6.07, 6.45) is 0.871. The van der Waals surface area contributed by atoms with E-state index in [1.807, 2.05) is 17.7 Å². The van der Waals surface area contributed by atoms with Gasteiger partial charge in [0, 0.05) is 37.3 Å². The van der Waals surface area contributed by atoms with Gasteiger partial charge in [-0.3, -0.25) is 9.69 Å². The summed E-state index contributed by atoms with van der Waals surface area (Å²) < 4.78 is 61.7. The van der Waals surface area contributed by atoms with E-state index in [0.29, 0.717) is 17.9 Å². The molecule has 0 aliphatic carbocycles. The molecule has 250 valence electrons. The number of carboxylic acids is 1. The van der Waals surface area contributed by atoms with E-state index in [1.54, 1.807) is 18.3 Å². The average Bonchev–Trinajstić information content (AvgIpc) is 3.78. The molecule has 1 aromatic heterocycles. The lowest BCUT2D eigenvalue weighted by molar-refractivity contribution is -0.192. The Hall–Kier alpha value is -3.79. The van der Waals surface area contributed by atoms with Gasteiger partial charge < -0.3 is 15.3 Å². The normalized spacial score (nSPS) is 17.4. The van der Waals surface area contributed by atoms with Crippen LogP contribution in [0.15, 0.2) is 65.7 Å². The van der Waals surface area contributed by atoms with Crippen molar-refractivity contribution in [2.45, 2.75) is 56.3 Å². The molecule has 2 saturated heterocycles. The number of anilines is 1. The van der Waals surface area contributed by atoms with Crippen molar-refractivity contribution in [2.75, 3.05) is 44.6 Å². The Morgan fingerprint density at radius 1 is 1.00 bits per heavy atom. The molecule has 15 heteroatoms. The van der Waals surface area contributed by atoms with Crippen molar-refractivity contribution in [3.8, 4) is 0 Å². The number of nitrogens with one attached hydrogen (secondary N) is 2. The standard InChI is InChI=1S/C29H38N6O3S.C2HF3O2/c1-23-20-30-35(26-14-19-34(22-26)21-24-8-3-2-4-9-24)28(23)32-29(36)25-10-12-27(13-11-25)39(37,38)31-15-7-18-33-16-5-6-17-33;3-2(4,5)1(6)7/h2-4,8-13,20,26,31H,5-7,14-19,21-22H2,1H3,(H,32,36);(H,6,7). The first-order chi connectivity index (χ1) is 21.8. The minimum Gasteiger partial charge on any atom is -0.475 e. The lowest BCUT2D eigenvalue weighted by Gasteiger charge is -2.18. The molecule has 1 unspecified atom stereocenters. The fraction of sp³-hybridized carbons (Fsp3) is 0.452. The number of aliphatic carboxylic acids is 1. The molecule has 3 aromatic rings. The molecule has 2 fully saturated rings. The number of nitrogens with zero attached hydrogens (tertiary/aromatic N) is 4. The summed E-state index contributed by atoms with van der Waals surface area (Å²) in [6.45, 7) is 8.15. The van der Waals surface area contributed by atoms with Crippen LogP contribution in [0.5, 0.6) is 0 Å². The molecular weight excluding hydrogens is 625 g/mol. The number of hydrogen-bond donors (Lipinski definition) is 3. The van der Waals surface area contributed by atoms with E-state index in [4.69, 9.17) is 9.90 Å². The molecule has 2 aliphatic heterocycles. The van der Waals surface area contributed by atoms with E-state index in [-0.39, 0.29) is 16.8 Å². The molecule has 1 amide bonds. The molecule has 2 aromatic carbocycles. The number of alkyl halides is 3. The molecule has 11 nitrogen and oxygen atoms in total. The van der Waals surface area contributed by atoms with Crippen LogP contribution in [-0.2, 0) is 21.4 Å². The van der Waals surface area contributed by atoms with Gasteiger partial charge >= 0.3 is 12.1 Å². The fourth-order valence-electron chi connectivity index (χ4n) is 5.44. The Kier molecular flexibility index (Phi) is 11.9. The van der Waals surface area contributed by atoms with Crippen LogP contribution >= 0.6 is 0 Å². The molecule has 0 spiro atoms. The van der Waals surface area contributed by atoms with Crippen LogP contribution in [0.2, 0.25) is 0 Å². The largest absolute Gasteiger partial charge is 0.490 e. The Morgan fingerprint density at radius 2 is 1.65 bits per heavy atom. The first-order valence-electron chi connectivity index (χ1n) is 15.1. The van der Waals surface area contributed by atoms with Gasteiger partial charge in [0.25, 0.3) is 5.91 Å². The Morgan fingerprint density at radius 3 is 2.28 bits per heavy atom. The zero-order chi connectivity index (χ0) is 33.3. The van der Waals surface area contributed by atoms with Crippen LogP contribution in [0.3, 0.4) is 0 Å². The molecule has 2 aliphatic rings. The SMILES string of the molecule is Cc1cnn(C2CCN(Cc3ccccc3)C2)c1NC(=O)c1ccc(S(=O)(=O)NCCCN2CCCC2)cc1.O=C(O)C(F)(F)F. The van der Waals surface area contributed by atoms with Crippen molar-refractivity contribution in [3.63, 3.8) is 0 Å². The molecule has 0 radical (unpaired) electrons. The van der Waals surface area contributed by atoms with Gasteiger partial charge in [-0.15, -0.1) is 0 Å². The molecule has 1 atom stereocenters. The summed E-state index contributed by atoms with van der Waals surface area (Å²) in [4.78, 5) is 26.9. The second-order valence-corrected chi connectivity index (χ2v) is 13.1. The number of sulfonamides is 1. The Bertz CT molecular complexity index is 1560. The van der Waals surface area contributed by atoms with Gasteiger partial charge in [-0.1, -0.05) is 30.3 Å². The van der Waals surface area contributed by atoms with E-state index < -0.39 is 22.2 Å². The predicted molar refractivity (Wildman–Crippen MR) is 166 cm³/mol. The summed E-state index contributed by atoms with van der Waals surface area (Å²) in [6, 6.07) is 16.7. The first-order valence-corrected chi connectivity index (χ1v) is 16.6. The lowest BCUT2D eigenvalue weighted by Crippen LogP contribution is -2.28. The van der Waals surface area contributed by atoms with Crippen molar-refractivity contribution in [1.82, 2.24) is 24.3 Å². The quantitative estimate of drug-likeness (QED) is 0.259. The van der Waals surface area contributed by atoms with Gasteiger partial charge in [-0.25, -0.2) is 22.6 Å². The number of likely N-dealkylation sites (tertiary alicyclic amines) is 2. The molecule has 0 saturated carbocycles. The van der Waals surface area contributed by atoms with Gasteiger partial charge in [0.05, 0.1) is 17.1 Å². The highest BCUT2D eigenvalue weighted by molar-refractivity contribution is 7.89. The third-order valence-corrected chi connectivity index (χ3v) is 9.34. The minimum atomic E-state index is -5.08. The van der Waals surface area contributed by atoms with E-state index in [2.05, 4.69) is 49.2 Å². The molecule has 3 N–H and O–H groups in total. The number of carbonyl (C=O) groups excluding carboxylic acids is 1. The molecule has 3 heterocycles. The summed E-state index contributed by atoms with van der Waals surface area (Å²) in [5.74, 6) is -2.36. The summed E-state index contributed by atoms with van der Waals surface area (Å²) in [5, 5.41) is 14.7. The minimum absolute atomic E-state index is 0.158. The monoisotopic (exact) mass is 664 g/mol. The maximum atomic E-state index is 13.1. The second kappa shape index (κ2) is 15.7. The van der Waals surface area contributed by atoms with E-state index >= 15 is 0 Å². The Balaban J connectivity index is 0.000000617. The van der Waals surface area contributed by atoms with Crippen molar-refractivity contribution in [2.24, 2.45) is 0 Å². The topological polar surface area (TPSA) is 137 Å². The summed E-state index contributed by atoms with van der Waals surface area (Å²) in [7, 11) is -3.62. The van der Waals surface area contributed by atoms with Crippen molar-refractivity contribution in [3.05, 3.63) is 77.5 Å². The summed E-state index contributed by atoms with van der Waals surface area (Å²) >= 11 is 0. The first kappa shape index (κ1) is 35.1. The number of aryl methyl sites for hydroxylation is 1. The highest BCUT2D eigenvalue weighted by Crippen LogP contribution is 2.28. The number of hydrogen-bond acceptors (Lipinski definition) is 7. The van der Waals surface area contributed by atoms with Crippen LogP contribution in [0.1, 0.15) is 53.2 Å². The van der Waals surface area contributed by atoms with Crippen LogP contribution in [0.25, 0.3) is 0 Å². The van der Waals surface area contributed by atoms with Crippen LogP contribution in [-0.4, -0.2) is 90.4 Å². The molecule has 5 rings (SSSR count). The zero-order valence-electron chi connectivity index (χ0n) is 25.5. The smallest absolute Gasteiger partial charge is 0.475 e. The maximum absolute atomic E-state index is 13.1. The molecule has 46 heavy (non-hydrogen) atoms. The average molecular weight is 665 g/mol. The van der Waals surface area contributed by atoms with Gasteiger partial charge in [0.15, 0.2) is 0 Å². The maximum Gasteiger partial charge on any atom is 0.490 e. The number of benzene rings is 2. The lowest BCUT2D eigenvalue weighted by atomic mass is 10.2. The number of halogens is 3. The van der Waals surface area contributed by atoms with Crippen molar-refractivity contribution >= 4 is 27.7 Å². The van der Waals surface area contributed by atoms with Gasteiger partial charge in [0.2, 0.25) is 10.0 Å². The van der Waals surface area contributed by atoms with Gasteiger partial charge in [-0.05, 0) is 82.1 Å². The van der Waals surface area contributed by atoms with E-state index in [9.17, 15) is 26.4 Å². The number of rotatable bonds is 11.